The number of aliphatic carboxylic acids is 1. The molecule has 0 aliphatic carbocycles. The standard InChI is InChI=1S/C4H8O2.C3H7O3S.K/c1-2-3-4(5)6;1-2-3-7(4,5)6;/h2-3H2,1H3,(H,5,6);1-3H2,(H,4,5,6);. The Morgan fingerprint density at radius 1 is 1.43 bits per heavy atom. The van der Waals surface area contributed by atoms with Gasteiger partial charge in [-0.15, -0.1) is 0 Å². The Labute approximate surface area is 119 Å². The van der Waals surface area contributed by atoms with Crippen LogP contribution in [0.15, 0.2) is 0 Å². The third-order valence-corrected chi connectivity index (χ3v) is 3.13. The molecular weight excluding hydrogens is 235 g/mol. The quantitative estimate of drug-likeness (QED) is 0.554. The molecule has 0 aromatic heterocycles. The van der Waals surface area contributed by atoms with Gasteiger partial charge in [-0.25, -0.2) is 0 Å². The average Bonchev–Trinajstić information content (AvgIpc) is 2.00. The van der Waals surface area contributed by atoms with Crippen LogP contribution in [0.4, 0.5) is 0 Å². The van der Waals surface area contributed by atoms with Crippen LogP contribution in [0.5, 0.6) is 0 Å². The van der Waals surface area contributed by atoms with E-state index in [0.29, 0.717) is 61.8 Å². The third kappa shape index (κ3) is 23.1. The van der Waals surface area contributed by atoms with Gasteiger partial charge >= 0.3 is 90.7 Å². The number of carboxylic acids is 1. The van der Waals surface area contributed by atoms with Crippen LogP contribution in [0.25, 0.3) is 0 Å². The van der Waals surface area contributed by atoms with Crippen LogP contribution >= 0.6 is 0 Å². The van der Waals surface area contributed by atoms with Gasteiger partial charge in [0, 0.05) is 6.42 Å². The van der Waals surface area contributed by atoms with Crippen molar-refractivity contribution in [3.05, 3.63) is 0 Å². The van der Waals surface area contributed by atoms with Crippen molar-refractivity contribution in [1.82, 2.24) is 0 Å². The molecule has 0 saturated carbocycles. The van der Waals surface area contributed by atoms with Crippen molar-refractivity contribution in [2.45, 2.75) is 26.7 Å². The van der Waals surface area contributed by atoms with Gasteiger partial charge in [0.05, 0.1) is 0 Å². The second kappa shape index (κ2) is 10.5. The van der Waals surface area contributed by atoms with Gasteiger partial charge in [0.2, 0.25) is 0 Å². The number of rotatable bonds is 5. The van der Waals surface area contributed by atoms with E-state index >= 15 is 0 Å². The van der Waals surface area contributed by atoms with Gasteiger partial charge in [0.25, 0.3) is 0 Å². The number of carboxylic acid groups (broad SMARTS) is 1. The van der Waals surface area contributed by atoms with Crippen molar-refractivity contribution in [2.24, 2.45) is 0 Å². The van der Waals surface area contributed by atoms with Crippen molar-refractivity contribution < 1.29 is 22.9 Å². The molecule has 0 amide bonds. The van der Waals surface area contributed by atoms with Crippen molar-refractivity contribution in [1.29, 1.82) is 0 Å². The summed E-state index contributed by atoms with van der Waals surface area (Å²) in [5, 5.41) is 7.91. The Kier molecular flexibility index (Phi) is 13.1. The molecule has 5 nitrogen and oxygen atoms in total. The van der Waals surface area contributed by atoms with Crippen molar-refractivity contribution in [3.63, 3.8) is 0 Å². The molecule has 0 atom stereocenters. The van der Waals surface area contributed by atoms with Crippen molar-refractivity contribution in [2.75, 3.05) is 5.75 Å². The summed E-state index contributed by atoms with van der Waals surface area (Å²) in [5.74, 6) is -0.771. The van der Waals surface area contributed by atoms with Crippen LogP contribution in [-0.4, -0.2) is 78.8 Å². The fourth-order valence-electron chi connectivity index (χ4n) is 0.541. The van der Waals surface area contributed by atoms with E-state index in [2.05, 4.69) is 0 Å². The summed E-state index contributed by atoms with van der Waals surface area (Å²) in [6, 6.07) is 0. The average molecular weight is 250 g/mol. The molecule has 0 saturated heterocycles. The van der Waals surface area contributed by atoms with E-state index in [-0.39, 0.29) is 5.75 Å². The van der Waals surface area contributed by atoms with Gasteiger partial charge in [-0.3, -0.25) is 4.79 Å². The number of carbonyl (C=O) groups is 1. The van der Waals surface area contributed by atoms with Crippen LogP contribution in [0.2, 0.25) is 0.515 Å². The molecular formula is C7H15KO5S. The molecule has 0 aliphatic heterocycles. The summed E-state index contributed by atoms with van der Waals surface area (Å²) >= 11 is 0.706. The minimum absolute atomic E-state index is 0.0608. The molecule has 0 heterocycles. The summed E-state index contributed by atoms with van der Waals surface area (Å²) in [7, 11) is -3.66. The first-order valence-electron chi connectivity index (χ1n) is 4.50. The molecule has 0 rings (SSSR count). The second-order valence-electron chi connectivity index (χ2n) is 2.78. The molecule has 0 fully saturated rings. The van der Waals surface area contributed by atoms with E-state index in [1.807, 2.05) is 6.92 Å². The summed E-state index contributed by atoms with van der Waals surface area (Å²) in [6.07, 6.45) is 1.65. The zero-order chi connectivity index (χ0) is 11.6. The SMILES string of the molecule is CCCC(=O)O.O=S(=O)(O)CC[CH2][K]. The van der Waals surface area contributed by atoms with Crippen LogP contribution in [-0.2, 0) is 14.9 Å². The van der Waals surface area contributed by atoms with Gasteiger partial charge in [-0.1, -0.05) is 6.92 Å². The zero-order valence-corrected chi connectivity index (χ0v) is 12.5. The molecule has 0 aliphatic rings. The fourth-order valence-corrected chi connectivity index (χ4v) is 2.55. The Hall–Kier alpha value is 1.02. The minimum atomic E-state index is -3.66. The Balaban J connectivity index is 0. The molecule has 0 spiro atoms. The maximum absolute atomic E-state index is 9.97. The predicted molar refractivity (Wildman–Crippen MR) is 54.1 cm³/mol. The number of hydrogen-bond donors (Lipinski definition) is 2. The molecule has 2 N–H and O–H groups in total. The van der Waals surface area contributed by atoms with Crippen molar-refractivity contribution in [3.8, 4) is 0 Å². The first kappa shape index (κ1) is 17.4. The van der Waals surface area contributed by atoms with E-state index in [1.165, 1.54) is 0 Å². The molecule has 14 heavy (non-hydrogen) atoms. The van der Waals surface area contributed by atoms with Gasteiger partial charge < -0.3 is 5.11 Å². The monoisotopic (exact) mass is 250 g/mol. The first-order chi connectivity index (χ1) is 6.33. The van der Waals surface area contributed by atoms with Gasteiger partial charge in [0.15, 0.2) is 0 Å². The molecule has 0 aromatic rings. The molecule has 0 aromatic carbocycles. The Morgan fingerprint density at radius 3 is 2.00 bits per heavy atom. The van der Waals surface area contributed by atoms with Gasteiger partial charge in [-0.2, -0.15) is 0 Å². The molecule has 0 unspecified atom stereocenters. The van der Waals surface area contributed by atoms with E-state index in [0.717, 1.165) is 6.94 Å². The van der Waals surface area contributed by atoms with E-state index in [4.69, 9.17) is 9.66 Å². The Bertz CT molecular complexity index is 236. The first-order valence-corrected chi connectivity index (χ1v) is 8.32. The van der Waals surface area contributed by atoms with E-state index in [1.54, 1.807) is 0 Å². The number of hydrogen-bond acceptors (Lipinski definition) is 3. The maximum atomic E-state index is 9.97. The predicted octanol–water partition coefficient (Wildman–Crippen LogP) is 0.722. The topological polar surface area (TPSA) is 91.7 Å². The summed E-state index contributed by atoms with van der Waals surface area (Å²) in [5.41, 5.74) is 0. The van der Waals surface area contributed by atoms with Crippen molar-refractivity contribution >= 4 is 65.0 Å². The Morgan fingerprint density at radius 2 is 1.93 bits per heavy atom. The van der Waals surface area contributed by atoms with Crippen LogP contribution < -0.4 is 0 Å². The molecule has 7 heteroatoms. The molecule has 0 bridgehead atoms. The normalized spacial score (nSPS) is 10.3. The summed E-state index contributed by atoms with van der Waals surface area (Å²) in [6.45, 7) is 1.84. The van der Waals surface area contributed by atoms with Gasteiger partial charge in [0.1, 0.15) is 0 Å². The second-order valence-corrected chi connectivity index (χ2v) is 5.92. The summed E-state index contributed by atoms with van der Waals surface area (Å²) < 4.78 is 29.1. The van der Waals surface area contributed by atoms with Gasteiger partial charge in [-0.05, 0) is 6.42 Å². The van der Waals surface area contributed by atoms with Crippen LogP contribution in [0.3, 0.4) is 0 Å². The fraction of sp³-hybridized carbons (Fsp3) is 0.857. The molecule has 80 valence electrons. The summed E-state index contributed by atoms with van der Waals surface area (Å²) in [4.78, 5) is 9.60. The van der Waals surface area contributed by atoms with Crippen LogP contribution in [0.1, 0.15) is 26.2 Å². The van der Waals surface area contributed by atoms with Crippen LogP contribution in [0, 0.1) is 0 Å². The van der Waals surface area contributed by atoms with E-state index in [9.17, 15) is 13.2 Å². The molecule has 0 radical (unpaired) electrons. The van der Waals surface area contributed by atoms with E-state index < -0.39 is 16.1 Å². The third-order valence-electron chi connectivity index (χ3n) is 1.22. The zero-order valence-electron chi connectivity index (χ0n) is 8.56.